The maximum atomic E-state index is 13.0. The minimum absolute atomic E-state index is 0. The molecule has 1 aliphatic heterocycles. The van der Waals surface area contributed by atoms with Crippen LogP contribution in [-0.2, 0) is 0 Å². The van der Waals surface area contributed by atoms with Crippen molar-refractivity contribution in [1.29, 1.82) is 0 Å². The molecule has 2 aromatic carbocycles. The summed E-state index contributed by atoms with van der Waals surface area (Å²) in [6.45, 7) is 3.34. The number of Topliss-reactive ketones (excluding diaryl/α,β-unsaturated/α-hetero) is 1. The Kier molecular flexibility index (Phi) is 6.08. The summed E-state index contributed by atoms with van der Waals surface area (Å²) in [6, 6.07) is 12.7. The third-order valence-corrected chi connectivity index (χ3v) is 6.15. The van der Waals surface area contributed by atoms with Crippen LogP contribution in [-0.4, -0.2) is 36.6 Å². The van der Waals surface area contributed by atoms with Gasteiger partial charge in [0.1, 0.15) is 0 Å². The molecule has 25 heavy (non-hydrogen) atoms. The predicted molar refractivity (Wildman–Crippen MR) is 109 cm³/mol. The highest BCUT2D eigenvalue weighted by Crippen LogP contribution is 2.32. The lowest BCUT2D eigenvalue weighted by atomic mass is 9.89. The zero-order valence-corrected chi connectivity index (χ0v) is 16.4. The number of hydrogen-bond acceptors (Lipinski definition) is 3. The van der Waals surface area contributed by atoms with E-state index in [2.05, 4.69) is 41.5 Å². The van der Waals surface area contributed by atoms with E-state index in [0.717, 1.165) is 30.9 Å². The molecule has 0 aromatic heterocycles. The van der Waals surface area contributed by atoms with Gasteiger partial charge in [-0.3, -0.25) is 4.79 Å². The van der Waals surface area contributed by atoms with E-state index < -0.39 is 0 Å². The van der Waals surface area contributed by atoms with Crippen LogP contribution in [0.5, 0.6) is 0 Å². The van der Waals surface area contributed by atoms with Crippen LogP contribution in [0, 0.1) is 11.8 Å². The Balaban J connectivity index is 0.00000182. The van der Waals surface area contributed by atoms with Gasteiger partial charge in [-0.05, 0) is 73.4 Å². The quantitative estimate of drug-likeness (QED) is 0.523. The number of carbonyl (C=O) groups excluding carboxylic acids is 1. The van der Waals surface area contributed by atoms with E-state index >= 15 is 0 Å². The van der Waals surface area contributed by atoms with Crippen molar-refractivity contribution in [2.24, 2.45) is 11.8 Å². The van der Waals surface area contributed by atoms with E-state index in [-0.39, 0.29) is 18.3 Å². The highest BCUT2D eigenvalue weighted by atomic mass is 35.5. The Morgan fingerprint density at radius 1 is 1.12 bits per heavy atom. The first-order valence-corrected chi connectivity index (χ1v) is 10.3. The van der Waals surface area contributed by atoms with Crippen LogP contribution >= 0.6 is 24.2 Å². The molecule has 2 aliphatic rings. The maximum Gasteiger partial charge on any atom is 0.167 e. The molecule has 134 valence electrons. The molecule has 1 heterocycles. The van der Waals surface area contributed by atoms with Crippen molar-refractivity contribution < 1.29 is 4.79 Å². The number of thioether (sulfide) groups is 1. The van der Waals surface area contributed by atoms with Crippen molar-refractivity contribution in [3.63, 3.8) is 0 Å². The average Bonchev–Trinajstić information content (AvgIpc) is 3.44. The second-order valence-electron chi connectivity index (χ2n) is 7.33. The monoisotopic (exact) mass is 375 g/mol. The number of piperidine rings is 1. The predicted octanol–water partition coefficient (Wildman–Crippen LogP) is 5.29. The number of likely N-dealkylation sites (tertiary alicyclic amines) is 1. The summed E-state index contributed by atoms with van der Waals surface area (Å²) in [4.78, 5) is 16.8. The van der Waals surface area contributed by atoms with Crippen molar-refractivity contribution in [1.82, 2.24) is 4.90 Å². The van der Waals surface area contributed by atoms with Gasteiger partial charge in [0.05, 0.1) is 0 Å². The molecule has 4 heteroatoms. The van der Waals surface area contributed by atoms with Crippen LogP contribution in [0.15, 0.2) is 41.3 Å². The lowest BCUT2D eigenvalue weighted by molar-refractivity contribution is 0.0815. The summed E-state index contributed by atoms with van der Waals surface area (Å²) >= 11 is 1.75. The average molecular weight is 376 g/mol. The first kappa shape index (κ1) is 18.8. The van der Waals surface area contributed by atoms with Gasteiger partial charge in [-0.1, -0.05) is 18.2 Å². The molecule has 1 saturated carbocycles. The van der Waals surface area contributed by atoms with Crippen LogP contribution in [0.3, 0.4) is 0 Å². The molecule has 4 rings (SSSR count). The molecular weight excluding hydrogens is 350 g/mol. The second-order valence-corrected chi connectivity index (χ2v) is 8.21. The molecule has 0 spiro atoms. The van der Waals surface area contributed by atoms with E-state index in [0.29, 0.717) is 5.78 Å². The summed E-state index contributed by atoms with van der Waals surface area (Å²) in [5.74, 6) is 1.43. The zero-order chi connectivity index (χ0) is 16.5. The number of rotatable bonds is 5. The van der Waals surface area contributed by atoms with Crippen LogP contribution in [0.4, 0.5) is 0 Å². The minimum Gasteiger partial charge on any atom is -0.302 e. The van der Waals surface area contributed by atoms with Gasteiger partial charge >= 0.3 is 0 Å². The lowest BCUT2D eigenvalue weighted by Crippen LogP contribution is -2.39. The number of hydrogen-bond donors (Lipinski definition) is 0. The van der Waals surface area contributed by atoms with Crippen molar-refractivity contribution >= 4 is 40.7 Å². The third kappa shape index (κ3) is 4.39. The Labute approximate surface area is 160 Å². The largest absolute Gasteiger partial charge is 0.302 e. The van der Waals surface area contributed by atoms with Crippen molar-refractivity contribution in [3.8, 4) is 0 Å². The van der Waals surface area contributed by atoms with Gasteiger partial charge in [0, 0.05) is 29.5 Å². The van der Waals surface area contributed by atoms with Gasteiger partial charge < -0.3 is 4.90 Å². The summed E-state index contributed by atoms with van der Waals surface area (Å²) in [7, 11) is 0. The topological polar surface area (TPSA) is 20.3 Å². The lowest BCUT2D eigenvalue weighted by Gasteiger charge is -2.32. The molecule has 1 unspecified atom stereocenters. The number of halogens is 1. The highest BCUT2D eigenvalue weighted by molar-refractivity contribution is 7.98. The molecule has 0 bridgehead atoms. The molecule has 1 aliphatic carbocycles. The number of ketones is 1. The van der Waals surface area contributed by atoms with Gasteiger partial charge in [0.15, 0.2) is 5.78 Å². The molecule has 0 radical (unpaired) electrons. The van der Waals surface area contributed by atoms with Gasteiger partial charge in [-0.2, -0.15) is 0 Å². The van der Waals surface area contributed by atoms with Crippen LogP contribution < -0.4 is 0 Å². The zero-order valence-electron chi connectivity index (χ0n) is 14.7. The van der Waals surface area contributed by atoms with Crippen molar-refractivity contribution in [3.05, 3.63) is 42.0 Å². The first-order valence-electron chi connectivity index (χ1n) is 9.07. The van der Waals surface area contributed by atoms with Crippen LogP contribution in [0.1, 0.15) is 36.0 Å². The Morgan fingerprint density at radius 3 is 2.64 bits per heavy atom. The standard InChI is InChI=1S/C21H25NOS.ClH/c1-24-20-9-8-16-11-18(7-6-17(16)12-20)21(23)19-3-2-10-22(14-19)13-15-4-5-15;/h6-9,11-12,15,19H,2-5,10,13-14H2,1H3;1H. The molecule has 2 nitrogen and oxygen atoms in total. The fourth-order valence-corrected chi connectivity index (χ4v) is 4.29. The van der Waals surface area contributed by atoms with Crippen LogP contribution in [0.25, 0.3) is 10.8 Å². The SMILES string of the molecule is CSc1ccc2cc(C(=O)C3CCCN(CC4CC4)C3)ccc2c1.Cl. The smallest absolute Gasteiger partial charge is 0.167 e. The Hall–Kier alpha value is -1.03. The number of benzene rings is 2. The molecule has 1 saturated heterocycles. The molecular formula is C21H26ClNOS. The third-order valence-electron chi connectivity index (χ3n) is 5.42. The maximum absolute atomic E-state index is 13.0. The van der Waals surface area contributed by atoms with Crippen LogP contribution in [0.2, 0.25) is 0 Å². The Bertz CT molecular complexity index is 759. The molecule has 2 aromatic rings. The van der Waals surface area contributed by atoms with Crippen molar-refractivity contribution in [2.75, 3.05) is 25.9 Å². The van der Waals surface area contributed by atoms with E-state index in [9.17, 15) is 4.79 Å². The second kappa shape index (κ2) is 8.11. The van der Waals surface area contributed by atoms with Gasteiger partial charge in [0.2, 0.25) is 0 Å². The highest BCUT2D eigenvalue weighted by Gasteiger charge is 2.30. The van der Waals surface area contributed by atoms with Crippen molar-refractivity contribution in [2.45, 2.75) is 30.6 Å². The summed E-state index contributed by atoms with van der Waals surface area (Å²) in [6.07, 6.45) is 7.07. The minimum atomic E-state index is 0. The summed E-state index contributed by atoms with van der Waals surface area (Å²) < 4.78 is 0. The Morgan fingerprint density at radius 2 is 1.88 bits per heavy atom. The van der Waals surface area contributed by atoms with Gasteiger partial charge in [-0.25, -0.2) is 0 Å². The number of fused-ring (bicyclic) bond motifs is 1. The molecule has 1 atom stereocenters. The molecule has 0 amide bonds. The molecule has 2 fully saturated rings. The van der Waals surface area contributed by atoms with E-state index in [1.54, 1.807) is 11.8 Å². The van der Waals surface area contributed by atoms with Gasteiger partial charge in [0.25, 0.3) is 0 Å². The first-order chi connectivity index (χ1) is 11.7. The number of nitrogens with zero attached hydrogens (tertiary/aromatic N) is 1. The molecule has 0 N–H and O–H groups in total. The normalized spacial score (nSPS) is 21.1. The fourth-order valence-electron chi connectivity index (χ4n) is 3.84. The van der Waals surface area contributed by atoms with E-state index in [4.69, 9.17) is 0 Å². The van der Waals surface area contributed by atoms with E-state index in [1.165, 1.54) is 41.6 Å². The summed E-state index contributed by atoms with van der Waals surface area (Å²) in [5.41, 5.74) is 0.887. The van der Waals surface area contributed by atoms with Gasteiger partial charge in [-0.15, -0.1) is 24.2 Å². The van der Waals surface area contributed by atoms with E-state index in [1.807, 2.05) is 6.07 Å². The fraction of sp³-hybridized carbons (Fsp3) is 0.476. The summed E-state index contributed by atoms with van der Waals surface area (Å²) in [5, 5.41) is 2.39. The number of carbonyl (C=O) groups is 1.